The highest BCUT2D eigenvalue weighted by Gasteiger charge is 2.14. The van der Waals surface area contributed by atoms with Crippen LogP contribution in [0.15, 0.2) is 30.3 Å². The van der Waals surface area contributed by atoms with E-state index in [1.807, 2.05) is 0 Å². The molecule has 2 rings (SSSR count). The number of hydrogen-bond donors (Lipinski definition) is 0. The second-order valence-corrected chi connectivity index (χ2v) is 3.90. The van der Waals surface area contributed by atoms with Crippen LogP contribution in [0.1, 0.15) is 24.8 Å². The highest BCUT2D eigenvalue weighted by atomic mass is 16.7. The first-order chi connectivity index (χ1) is 7.45. The lowest BCUT2D eigenvalue weighted by Gasteiger charge is -2.08. The van der Waals surface area contributed by atoms with Crippen LogP contribution in [0.4, 0.5) is 0 Å². The highest BCUT2D eigenvalue weighted by Crippen LogP contribution is 2.13. The van der Waals surface area contributed by atoms with Gasteiger partial charge in [-0.05, 0) is 31.2 Å². The Bertz CT molecular complexity index is 265. The van der Waals surface area contributed by atoms with Crippen LogP contribution in [0.25, 0.3) is 0 Å². The highest BCUT2D eigenvalue weighted by molar-refractivity contribution is 5.14. The molecule has 1 aliphatic heterocycles. The minimum absolute atomic E-state index is 0.0702. The van der Waals surface area contributed by atoms with Crippen molar-refractivity contribution in [3.05, 3.63) is 35.9 Å². The average Bonchev–Trinajstić information content (AvgIpc) is 2.79. The summed E-state index contributed by atoms with van der Waals surface area (Å²) in [6.07, 6.45) is 4.66. The van der Waals surface area contributed by atoms with Gasteiger partial charge >= 0.3 is 0 Å². The quantitative estimate of drug-likeness (QED) is 0.690. The summed E-state index contributed by atoms with van der Waals surface area (Å²) in [4.78, 5) is 0. The molecule has 82 valence electrons. The van der Waals surface area contributed by atoms with Gasteiger partial charge in [0.15, 0.2) is 6.29 Å². The fraction of sp³-hybridized carbons (Fsp3) is 0.538. The molecule has 0 saturated carbocycles. The van der Waals surface area contributed by atoms with E-state index in [0.717, 1.165) is 26.1 Å². The maximum Gasteiger partial charge on any atom is 0.157 e. The molecule has 1 saturated heterocycles. The Morgan fingerprint density at radius 3 is 2.47 bits per heavy atom. The molecule has 1 heterocycles. The summed E-state index contributed by atoms with van der Waals surface area (Å²) < 4.78 is 10.8. The number of rotatable bonds is 5. The summed E-state index contributed by atoms with van der Waals surface area (Å²) >= 11 is 0. The van der Waals surface area contributed by atoms with Gasteiger partial charge in [0.1, 0.15) is 0 Å². The zero-order valence-corrected chi connectivity index (χ0v) is 9.02. The molecule has 1 aromatic rings. The van der Waals surface area contributed by atoms with Crippen LogP contribution >= 0.6 is 0 Å². The van der Waals surface area contributed by atoms with E-state index in [2.05, 4.69) is 30.3 Å². The Labute approximate surface area is 91.2 Å². The average molecular weight is 206 g/mol. The molecule has 0 unspecified atom stereocenters. The number of ether oxygens (including phenoxy) is 2. The molecular formula is C13H18O2. The SMILES string of the molecule is c1ccc(CCCCC2OCCO2)cc1. The summed E-state index contributed by atoms with van der Waals surface area (Å²) in [5.41, 5.74) is 1.42. The number of unbranched alkanes of at least 4 members (excludes halogenated alkanes) is 1. The normalized spacial score (nSPS) is 17.1. The van der Waals surface area contributed by atoms with Gasteiger partial charge in [-0.1, -0.05) is 30.3 Å². The smallest absolute Gasteiger partial charge is 0.157 e. The second kappa shape index (κ2) is 5.89. The van der Waals surface area contributed by atoms with Crippen LogP contribution in [-0.2, 0) is 15.9 Å². The number of hydrogen-bond acceptors (Lipinski definition) is 2. The first-order valence-corrected chi connectivity index (χ1v) is 5.72. The minimum atomic E-state index is 0.0702. The van der Waals surface area contributed by atoms with Gasteiger partial charge < -0.3 is 9.47 Å². The monoisotopic (exact) mass is 206 g/mol. The first-order valence-electron chi connectivity index (χ1n) is 5.72. The van der Waals surface area contributed by atoms with E-state index in [4.69, 9.17) is 9.47 Å². The van der Waals surface area contributed by atoms with Crippen LogP contribution in [0, 0.1) is 0 Å². The van der Waals surface area contributed by atoms with E-state index in [9.17, 15) is 0 Å². The topological polar surface area (TPSA) is 18.5 Å². The van der Waals surface area contributed by atoms with Gasteiger partial charge in [0, 0.05) is 0 Å². The van der Waals surface area contributed by atoms with Crippen molar-refractivity contribution < 1.29 is 9.47 Å². The minimum Gasteiger partial charge on any atom is -0.350 e. The molecule has 0 aromatic heterocycles. The van der Waals surface area contributed by atoms with E-state index in [0.29, 0.717) is 0 Å². The van der Waals surface area contributed by atoms with Gasteiger partial charge in [-0.15, -0.1) is 0 Å². The van der Waals surface area contributed by atoms with Gasteiger partial charge in [-0.3, -0.25) is 0 Å². The molecule has 1 fully saturated rings. The van der Waals surface area contributed by atoms with Gasteiger partial charge in [0.25, 0.3) is 0 Å². The van der Waals surface area contributed by atoms with Crippen molar-refractivity contribution in [3.8, 4) is 0 Å². The molecule has 0 bridgehead atoms. The summed E-state index contributed by atoms with van der Waals surface area (Å²) in [5, 5.41) is 0. The third kappa shape index (κ3) is 3.65. The van der Waals surface area contributed by atoms with Crippen LogP contribution in [0.5, 0.6) is 0 Å². The fourth-order valence-electron chi connectivity index (χ4n) is 1.86. The molecule has 2 nitrogen and oxygen atoms in total. The van der Waals surface area contributed by atoms with Crippen molar-refractivity contribution in [1.29, 1.82) is 0 Å². The van der Waals surface area contributed by atoms with E-state index in [-0.39, 0.29) is 6.29 Å². The third-order valence-corrected chi connectivity index (χ3v) is 2.69. The number of benzene rings is 1. The lowest BCUT2D eigenvalue weighted by Crippen LogP contribution is -2.06. The molecule has 0 spiro atoms. The molecule has 0 atom stereocenters. The Morgan fingerprint density at radius 1 is 1.00 bits per heavy atom. The zero-order chi connectivity index (χ0) is 10.3. The fourth-order valence-corrected chi connectivity index (χ4v) is 1.86. The molecule has 0 aliphatic carbocycles. The van der Waals surface area contributed by atoms with Gasteiger partial charge in [0.2, 0.25) is 0 Å². The molecule has 2 heteroatoms. The Balaban J connectivity index is 1.59. The van der Waals surface area contributed by atoms with Crippen LogP contribution in [0.2, 0.25) is 0 Å². The Morgan fingerprint density at radius 2 is 1.73 bits per heavy atom. The van der Waals surface area contributed by atoms with Crippen molar-refractivity contribution in [1.82, 2.24) is 0 Å². The molecule has 1 aromatic carbocycles. The third-order valence-electron chi connectivity index (χ3n) is 2.69. The van der Waals surface area contributed by atoms with Crippen LogP contribution in [-0.4, -0.2) is 19.5 Å². The maximum atomic E-state index is 5.38. The first kappa shape index (κ1) is 10.7. The van der Waals surface area contributed by atoms with E-state index in [1.54, 1.807) is 0 Å². The lowest BCUT2D eigenvalue weighted by atomic mass is 10.1. The van der Waals surface area contributed by atoms with Gasteiger partial charge in [-0.25, -0.2) is 0 Å². The summed E-state index contributed by atoms with van der Waals surface area (Å²) in [7, 11) is 0. The van der Waals surface area contributed by atoms with E-state index >= 15 is 0 Å². The molecule has 1 aliphatic rings. The van der Waals surface area contributed by atoms with Gasteiger partial charge in [0.05, 0.1) is 13.2 Å². The largest absolute Gasteiger partial charge is 0.350 e. The molecule has 0 radical (unpaired) electrons. The van der Waals surface area contributed by atoms with E-state index < -0.39 is 0 Å². The van der Waals surface area contributed by atoms with Gasteiger partial charge in [-0.2, -0.15) is 0 Å². The molecule has 15 heavy (non-hydrogen) atoms. The van der Waals surface area contributed by atoms with Crippen molar-refractivity contribution in [3.63, 3.8) is 0 Å². The predicted molar refractivity (Wildman–Crippen MR) is 59.7 cm³/mol. The Hall–Kier alpha value is -0.860. The second-order valence-electron chi connectivity index (χ2n) is 3.90. The van der Waals surface area contributed by atoms with Crippen LogP contribution in [0.3, 0.4) is 0 Å². The summed E-state index contributed by atoms with van der Waals surface area (Å²) in [5.74, 6) is 0. The molecule has 0 amide bonds. The molecule has 0 N–H and O–H groups in total. The zero-order valence-electron chi connectivity index (χ0n) is 9.02. The summed E-state index contributed by atoms with van der Waals surface area (Å²) in [6.45, 7) is 1.53. The predicted octanol–water partition coefficient (Wildman–Crippen LogP) is 2.77. The summed E-state index contributed by atoms with van der Waals surface area (Å²) in [6, 6.07) is 10.6. The maximum absolute atomic E-state index is 5.38. The lowest BCUT2D eigenvalue weighted by molar-refractivity contribution is -0.0479. The van der Waals surface area contributed by atoms with Crippen LogP contribution < -0.4 is 0 Å². The van der Waals surface area contributed by atoms with Crippen molar-refractivity contribution in [2.24, 2.45) is 0 Å². The van der Waals surface area contributed by atoms with Crippen molar-refractivity contribution in [2.45, 2.75) is 32.0 Å². The van der Waals surface area contributed by atoms with E-state index in [1.165, 1.54) is 18.4 Å². The number of aryl methyl sites for hydroxylation is 1. The van der Waals surface area contributed by atoms with Crippen molar-refractivity contribution in [2.75, 3.05) is 13.2 Å². The Kier molecular flexibility index (Phi) is 4.18. The standard InChI is InChI=1S/C13H18O2/c1-2-6-12(7-3-1)8-4-5-9-13-14-10-11-15-13/h1-3,6-7,13H,4-5,8-11H2. The molecular weight excluding hydrogens is 188 g/mol. The van der Waals surface area contributed by atoms with Crippen molar-refractivity contribution >= 4 is 0 Å².